The molecule has 1 heterocycles. The first-order chi connectivity index (χ1) is 9.95. The number of carbonyl (C=O) groups is 1. The maximum absolute atomic E-state index is 12.7. The lowest BCUT2D eigenvalue weighted by atomic mass is 10.0. The van der Waals surface area contributed by atoms with Gasteiger partial charge in [0.25, 0.3) is 0 Å². The molecule has 0 bridgehead atoms. The van der Waals surface area contributed by atoms with Gasteiger partial charge in [0, 0.05) is 29.9 Å². The van der Waals surface area contributed by atoms with Crippen molar-refractivity contribution in [3.63, 3.8) is 0 Å². The Morgan fingerprint density at radius 1 is 1.38 bits per heavy atom. The monoisotopic (exact) mass is 327 g/mol. The average Bonchev–Trinajstić information content (AvgIpc) is 2.48. The summed E-state index contributed by atoms with van der Waals surface area (Å²) in [4.78, 5) is 14.6. The summed E-state index contributed by atoms with van der Waals surface area (Å²) in [6.07, 6.45) is 1.88. The van der Waals surface area contributed by atoms with Crippen molar-refractivity contribution in [3.8, 4) is 0 Å². The van der Waals surface area contributed by atoms with Crippen molar-refractivity contribution >= 4 is 27.4 Å². The van der Waals surface area contributed by atoms with Crippen LogP contribution in [0.4, 0.5) is 0 Å². The molecular formula is C15H21NO3S2. The highest BCUT2D eigenvalue weighted by Crippen LogP contribution is 2.25. The van der Waals surface area contributed by atoms with Crippen molar-refractivity contribution in [2.24, 2.45) is 0 Å². The van der Waals surface area contributed by atoms with E-state index < -0.39 is 15.2 Å². The van der Waals surface area contributed by atoms with Crippen LogP contribution >= 0.6 is 11.8 Å². The number of Topliss-reactive ketones (excluding diaryl/α,β-unsaturated/α-hetero) is 1. The van der Waals surface area contributed by atoms with E-state index in [0.29, 0.717) is 24.3 Å². The second-order valence-electron chi connectivity index (χ2n) is 5.25. The van der Waals surface area contributed by atoms with Crippen LogP contribution in [0.1, 0.15) is 23.7 Å². The van der Waals surface area contributed by atoms with E-state index in [-0.39, 0.29) is 11.8 Å². The van der Waals surface area contributed by atoms with Gasteiger partial charge in [0.2, 0.25) is 0 Å². The van der Waals surface area contributed by atoms with Crippen LogP contribution in [0, 0.1) is 0 Å². The molecule has 0 aliphatic carbocycles. The van der Waals surface area contributed by atoms with Gasteiger partial charge in [0.05, 0.1) is 6.04 Å². The Balaban J connectivity index is 2.29. The van der Waals surface area contributed by atoms with E-state index in [0.717, 1.165) is 5.75 Å². The predicted molar refractivity (Wildman–Crippen MR) is 87.5 cm³/mol. The zero-order chi connectivity index (χ0) is 15.5. The Bertz CT molecular complexity index is 586. The number of sulfone groups is 1. The minimum Gasteiger partial charge on any atom is -0.292 e. The summed E-state index contributed by atoms with van der Waals surface area (Å²) in [5, 5.41) is -0.561. The highest BCUT2D eigenvalue weighted by atomic mass is 32.2. The zero-order valence-corrected chi connectivity index (χ0v) is 14.0. The molecule has 1 aromatic rings. The summed E-state index contributed by atoms with van der Waals surface area (Å²) in [7, 11) is -3.19. The van der Waals surface area contributed by atoms with E-state index in [9.17, 15) is 13.2 Å². The molecule has 6 heteroatoms. The van der Waals surface area contributed by atoms with Gasteiger partial charge in [-0.15, -0.1) is 0 Å². The lowest BCUT2D eigenvalue weighted by Crippen LogP contribution is -2.54. The Morgan fingerprint density at radius 3 is 2.62 bits per heavy atom. The van der Waals surface area contributed by atoms with Gasteiger partial charge in [0.1, 0.15) is 5.37 Å². The van der Waals surface area contributed by atoms with E-state index in [1.54, 1.807) is 23.9 Å². The number of rotatable bonds is 5. The average molecular weight is 327 g/mol. The van der Waals surface area contributed by atoms with Crippen LogP contribution < -0.4 is 0 Å². The van der Waals surface area contributed by atoms with Gasteiger partial charge in [-0.3, -0.25) is 9.69 Å². The number of ketones is 1. The number of thioether (sulfide) groups is 1. The molecule has 0 aromatic heterocycles. The maximum Gasteiger partial charge on any atom is 0.179 e. The summed E-state index contributed by atoms with van der Waals surface area (Å²) < 4.78 is 24.0. The van der Waals surface area contributed by atoms with Gasteiger partial charge in [-0.05, 0) is 6.42 Å². The van der Waals surface area contributed by atoms with Crippen molar-refractivity contribution in [2.45, 2.75) is 24.8 Å². The lowest BCUT2D eigenvalue weighted by molar-refractivity contribution is 0.0805. The minimum absolute atomic E-state index is 0.0126. The number of hydrogen-bond donors (Lipinski definition) is 0. The first-order valence-corrected chi connectivity index (χ1v) is 10.2. The second-order valence-corrected chi connectivity index (χ2v) is 8.60. The quantitative estimate of drug-likeness (QED) is 0.775. The molecule has 21 heavy (non-hydrogen) atoms. The first kappa shape index (κ1) is 16.5. The van der Waals surface area contributed by atoms with Gasteiger partial charge in [-0.25, -0.2) is 8.42 Å². The third-order valence-electron chi connectivity index (χ3n) is 3.77. The number of nitrogens with zero attached hydrogens (tertiary/aromatic N) is 1. The van der Waals surface area contributed by atoms with Crippen LogP contribution in [0.2, 0.25) is 0 Å². The molecular weight excluding hydrogens is 306 g/mol. The molecule has 1 aliphatic rings. The molecule has 1 aliphatic heterocycles. The predicted octanol–water partition coefficient (Wildman–Crippen LogP) is 2.07. The summed E-state index contributed by atoms with van der Waals surface area (Å²) in [6.45, 7) is 2.58. The van der Waals surface area contributed by atoms with Crippen LogP contribution in [0.5, 0.6) is 0 Å². The van der Waals surface area contributed by atoms with E-state index in [1.165, 1.54) is 6.26 Å². The fraction of sp³-hybridized carbons (Fsp3) is 0.533. The molecule has 0 spiro atoms. The molecule has 0 radical (unpaired) electrons. The molecule has 4 nitrogen and oxygen atoms in total. The Kier molecular flexibility index (Phi) is 5.46. The fourth-order valence-electron chi connectivity index (χ4n) is 2.69. The molecule has 0 saturated carbocycles. The normalized spacial score (nSPS) is 21.9. The molecule has 2 atom stereocenters. The van der Waals surface area contributed by atoms with Gasteiger partial charge in [0.15, 0.2) is 15.6 Å². The van der Waals surface area contributed by atoms with Gasteiger partial charge < -0.3 is 0 Å². The van der Waals surface area contributed by atoms with Crippen molar-refractivity contribution in [2.75, 3.05) is 24.3 Å². The summed E-state index contributed by atoms with van der Waals surface area (Å²) in [5.74, 6) is 1.42. The minimum atomic E-state index is -3.19. The van der Waals surface area contributed by atoms with E-state index in [4.69, 9.17) is 0 Å². The van der Waals surface area contributed by atoms with Crippen LogP contribution in [0.25, 0.3) is 0 Å². The van der Waals surface area contributed by atoms with Gasteiger partial charge >= 0.3 is 0 Å². The van der Waals surface area contributed by atoms with Crippen LogP contribution in [-0.4, -0.2) is 54.8 Å². The number of hydrogen-bond acceptors (Lipinski definition) is 5. The van der Waals surface area contributed by atoms with Crippen molar-refractivity contribution in [3.05, 3.63) is 35.9 Å². The second kappa shape index (κ2) is 6.94. The molecule has 0 amide bonds. The zero-order valence-electron chi connectivity index (χ0n) is 12.4. The van der Waals surface area contributed by atoms with E-state index >= 15 is 0 Å². The van der Waals surface area contributed by atoms with Gasteiger partial charge in [-0.2, -0.15) is 11.8 Å². The molecule has 116 valence electrons. The molecule has 1 saturated heterocycles. The topological polar surface area (TPSA) is 54.5 Å². The van der Waals surface area contributed by atoms with Crippen LogP contribution in [-0.2, 0) is 9.84 Å². The number of carbonyl (C=O) groups excluding carboxylic acids is 1. The van der Waals surface area contributed by atoms with Crippen molar-refractivity contribution < 1.29 is 13.2 Å². The highest BCUT2D eigenvalue weighted by molar-refractivity contribution is 8.00. The SMILES string of the molecule is CCC(C(=O)c1ccccc1)N1CCSCC1S(C)(=O)=O. The van der Waals surface area contributed by atoms with Crippen LogP contribution in [0.15, 0.2) is 30.3 Å². The third kappa shape index (κ3) is 3.87. The third-order valence-corrected chi connectivity index (χ3v) is 6.43. The highest BCUT2D eigenvalue weighted by Gasteiger charge is 2.37. The molecule has 2 rings (SSSR count). The Morgan fingerprint density at radius 2 is 2.05 bits per heavy atom. The fourth-order valence-corrected chi connectivity index (χ4v) is 5.61. The largest absolute Gasteiger partial charge is 0.292 e. The standard InChI is InChI=1S/C15H21NO3S2/c1-3-13(15(17)12-7-5-4-6-8-12)16-9-10-20-11-14(16)21(2,18)19/h4-8,13-14H,3,9-11H2,1-2H3. The van der Waals surface area contributed by atoms with E-state index in [2.05, 4.69) is 0 Å². The molecule has 1 aromatic carbocycles. The first-order valence-electron chi connectivity index (χ1n) is 7.06. The smallest absolute Gasteiger partial charge is 0.179 e. The number of benzene rings is 1. The summed E-state index contributed by atoms with van der Waals surface area (Å²) >= 11 is 1.64. The summed E-state index contributed by atoms with van der Waals surface area (Å²) in [6, 6.07) is 8.75. The van der Waals surface area contributed by atoms with Crippen molar-refractivity contribution in [1.82, 2.24) is 4.90 Å². The molecule has 0 N–H and O–H groups in total. The molecule has 2 unspecified atom stereocenters. The summed E-state index contributed by atoms with van der Waals surface area (Å²) in [5.41, 5.74) is 0.648. The molecule has 1 fully saturated rings. The maximum atomic E-state index is 12.7. The Labute approximate surface area is 130 Å². The lowest BCUT2D eigenvalue weighted by Gasteiger charge is -2.38. The van der Waals surface area contributed by atoms with Crippen molar-refractivity contribution in [1.29, 1.82) is 0 Å². The van der Waals surface area contributed by atoms with Crippen LogP contribution in [0.3, 0.4) is 0 Å². The van der Waals surface area contributed by atoms with Gasteiger partial charge in [-0.1, -0.05) is 37.3 Å². The van der Waals surface area contributed by atoms with E-state index in [1.807, 2.05) is 30.0 Å². The Hall–Kier alpha value is -0.850.